The first-order valence-corrected chi connectivity index (χ1v) is 17.4. The van der Waals surface area contributed by atoms with Gasteiger partial charge in [0.2, 0.25) is 0 Å². The second kappa shape index (κ2) is 10.6. The third kappa shape index (κ3) is 3.89. The van der Waals surface area contributed by atoms with E-state index in [0.717, 1.165) is 0 Å². The lowest BCUT2D eigenvalue weighted by Crippen LogP contribution is -1.92. The fraction of sp³-hybridized carbons (Fsp3) is 0.0213. The zero-order valence-electron chi connectivity index (χ0n) is 26.5. The minimum absolute atomic E-state index is 1.25. The van der Waals surface area contributed by atoms with Crippen LogP contribution >= 0.6 is 11.3 Å². The lowest BCUT2D eigenvalue weighted by Gasteiger charge is -2.19. The summed E-state index contributed by atoms with van der Waals surface area (Å²) in [5.41, 5.74) is 9.10. The van der Waals surface area contributed by atoms with Crippen molar-refractivity contribution >= 4 is 74.6 Å². The number of rotatable bonds is 3. The Bertz CT molecular complexity index is 2780. The molecule has 9 aromatic carbocycles. The van der Waals surface area contributed by atoms with Crippen LogP contribution in [0, 0.1) is 6.92 Å². The average Bonchev–Trinajstić information content (AvgIpc) is 3.54. The summed E-state index contributed by atoms with van der Waals surface area (Å²) >= 11 is 1.90. The molecule has 0 saturated carbocycles. The van der Waals surface area contributed by atoms with Crippen LogP contribution in [0.15, 0.2) is 164 Å². The molecular formula is C47H30S. The van der Waals surface area contributed by atoms with Gasteiger partial charge in [-0.25, -0.2) is 0 Å². The van der Waals surface area contributed by atoms with Gasteiger partial charge in [-0.15, -0.1) is 11.3 Å². The van der Waals surface area contributed by atoms with Gasteiger partial charge in [-0.05, 0) is 101 Å². The summed E-state index contributed by atoms with van der Waals surface area (Å²) in [7, 11) is 0. The molecule has 0 unspecified atom stereocenters. The minimum atomic E-state index is 1.25. The molecule has 0 N–H and O–H groups in total. The summed E-state index contributed by atoms with van der Waals surface area (Å²) in [6.45, 7) is 2.27. The third-order valence-corrected chi connectivity index (χ3v) is 11.4. The van der Waals surface area contributed by atoms with Crippen molar-refractivity contribution in [2.24, 2.45) is 0 Å². The summed E-state index contributed by atoms with van der Waals surface area (Å²) < 4.78 is 2.63. The van der Waals surface area contributed by atoms with Gasteiger partial charge in [0.1, 0.15) is 0 Å². The van der Waals surface area contributed by atoms with E-state index in [1.54, 1.807) is 0 Å². The Morgan fingerprint density at radius 1 is 0.312 bits per heavy atom. The molecular weight excluding hydrogens is 597 g/mol. The quantitative estimate of drug-likeness (QED) is 0.171. The van der Waals surface area contributed by atoms with Gasteiger partial charge in [-0.2, -0.15) is 0 Å². The minimum Gasteiger partial charge on any atom is -0.135 e. The monoisotopic (exact) mass is 626 g/mol. The number of hydrogen-bond donors (Lipinski definition) is 0. The molecule has 0 saturated heterocycles. The number of thiophene rings is 1. The van der Waals surface area contributed by atoms with E-state index in [-0.39, 0.29) is 0 Å². The number of hydrogen-bond acceptors (Lipinski definition) is 1. The highest BCUT2D eigenvalue weighted by Gasteiger charge is 2.22. The first kappa shape index (κ1) is 27.4. The van der Waals surface area contributed by atoms with Gasteiger partial charge >= 0.3 is 0 Å². The highest BCUT2D eigenvalue weighted by atomic mass is 32.1. The zero-order valence-corrected chi connectivity index (χ0v) is 27.3. The van der Waals surface area contributed by atoms with Gasteiger partial charge in [-0.1, -0.05) is 152 Å². The molecule has 0 radical (unpaired) electrons. The standard InChI is InChI=1S/C47H30S/c1-29-31-17-5-7-19-33(31)44(34-20-8-6-18-32(29)34)39-25-13-27-41-46(39)47-40(26-14-28-42(47)48-41)45-37-23-11-9-21-35(37)43(30-15-3-2-4-16-30)36-22-10-12-24-38(36)45/h2-28H,1H3. The predicted octanol–water partition coefficient (Wildman–Crippen LogP) is 14.0. The molecule has 1 heteroatoms. The van der Waals surface area contributed by atoms with Crippen molar-refractivity contribution in [3.05, 3.63) is 169 Å². The predicted molar refractivity (Wildman–Crippen MR) is 210 cm³/mol. The highest BCUT2D eigenvalue weighted by molar-refractivity contribution is 7.26. The Kier molecular flexibility index (Phi) is 6.06. The van der Waals surface area contributed by atoms with Crippen LogP contribution in [0.2, 0.25) is 0 Å². The van der Waals surface area contributed by atoms with Gasteiger partial charge in [0.25, 0.3) is 0 Å². The molecule has 0 atom stereocenters. The van der Waals surface area contributed by atoms with Gasteiger partial charge in [-0.3, -0.25) is 0 Å². The molecule has 1 heterocycles. The molecule has 0 aliphatic rings. The van der Waals surface area contributed by atoms with Crippen LogP contribution < -0.4 is 0 Å². The van der Waals surface area contributed by atoms with Crippen LogP contribution in [0.5, 0.6) is 0 Å². The molecule has 0 aliphatic carbocycles. The second-order valence-corrected chi connectivity index (χ2v) is 13.8. The van der Waals surface area contributed by atoms with Crippen LogP contribution in [-0.4, -0.2) is 0 Å². The van der Waals surface area contributed by atoms with Crippen molar-refractivity contribution in [2.45, 2.75) is 6.92 Å². The summed E-state index contributed by atoms with van der Waals surface area (Å²) in [6.07, 6.45) is 0. The number of aryl methyl sites for hydroxylation is 1. The van der Waals surface area contributed by atoms with E-state index in [9.17, 15) is 0 Å². The number of benzene rings is 9. The van der Waals surface area contributed by atoms with E-state index in [2.05, 4.69) is 171 Å². The Labute approximate surface area is 283 Å². The van der Waals surface area contributed by atoms with Crippen molar-refractivity contribution in [1.82, 2.24) is 0 Å². The Hall–Kier alpha value is -5.76. The Balaban J connectivity index is 1.39. The van der Waals surface area contributed by atoms with Gasteiger partial charge in [0.05, 0.1) is 0 Å². The lowest BCUT2D eigenvalue weighted by atomic mass is 9.84. The maximum atomic E-state index is 2.35. The molecule has 0 fully saturated rings. The van der Waals surface area contributed by atoms with Crippen molar-refractivity contribution in [3.63, 3.8) is 0 Å². The molecule has 10 aromatic rings. The first-order chi connectivity index (χ1) is 23.8. The molecule has 0 aliphatic heterocycles. The van der Waals surface area contributed by atoms with E-state index in [1.807, 2.05) is 11.3 Å². The average molecular weight is 627 g/mol. The molecule has 0 nitrogen and oxygen atoms in total. The van der Waals surface area contributed by atoms with Crippen molar-refractivity contribution in [3.8, 4) is 33.4 Å². The van der Waals surface area contributed by atoms with Crippen LogP contribution in [0.1, 0.15) is 5.56 Å². The van der Waals surface area contributed by atoms with Gasteiger partial charge in [0, 0.05) is 20.2 Å². The van der Waals surface area contributed by atoms with E-state index in [1.165, 1.54) is 102 Å². The van der Waals surface area contributed by atoms with Gasteiger partial charge in [0.15, 0.2) is 0 Å². The summed E-state index contributed by atoms with van der Waals surface area (Å²) in [4.78, 5) is 0. The fourth-order valence-electron chi connectivity index (χ4n) is 8.25. The van der Waals surface area contributed by atoms with Gasteiger partial charge < -0.3 is 0 Å². The Morgan fingerprint density at radius 2 is 0.667 bits per heavy atom. The van der Waals surface area contributed by atoms with E-state index >= 15 is 0 Å². The highest BCUT2D eigenvalue weighted by Crippen LogP contribution is 2.51. The second-order valence-electron chi connectivity index (χ2n) is 12.8. The summed E-state index contributed by atoms with van der Waals surface area (Å²) in [5, 5.41) is 13.1. The third-order valence-electron chi connectivity index (χ3n) is 10.3. The smallest absolute Gasteiger partial charge is 0.0361 e. The lowest BCUT2D eigenvalue weighted by molar-refractivity contribution is 1.58. The topological polar surface area (TPSA) is 0 Å². The molecule has 224 valence electrons. The summed E-state index contributed by atoms with van der Waals surface area (Å²) in [6, 6.07) is 60.5. The fourth-order valence-corrected chi connectivity index (χ4v) is 9.41. The molecule has 48 heavy (non-hydrogen) atoms. The maximum absolute atomic E-state index is 2.35. The number of fused-ring (bicyclic) bond motifs is 7. The van der Waals surface area contributed by atoms with Crippen LogP contribution in [-0.2, 0) is 0 Å². The van der Waals surface area contributed by atoms with Crippen molar-refractivity contribution in [2.75, 3.05) is 0 Å². The normalized spacial score (nSPS) is 11.9. The van der Waals surface area contributed by atoms with E-state index in [4.69, 9.17) is 0 Å². The molecule has 0 spiro atoms. The van der Waals surface area contributed by atoms with E-state index < -0.39 is 0 Å². The van der Waals surface area contributed by atoms with Crippen LogP contribution in [0.3, 0.4) is 0 Å². The van der Waals surface area contributed by atoms with Crippen molar-refractivity contribution in [1.29, 1.82) is 0 Å². The van der Waals surface area contributed by atoms with E-state index in [0.29, 0.717) is 0 Å². The molecule has 1 aromatic heterocycles. The zero-order chi connectivity index (χ0) is 31.8. The first-order valence-electron chi connectivity index (χ1n) is 16.6. The largest absolute Gasteiger partial charge is 0.135 e. The molecule has 10 rings (SSSR count). The molecule has 0 amide bonds. The van der Waals surface area contributed by atoms with Crippen LogP contribution in [0.4, 0.5) is 0 Å². The van der Waals surface area contributed by atoms with Crippen LogP contribution in [0.25, 0.3) is 96.6 Å². The Morgan fingerprint density at radius 3 is 1.10 bits per heavy atom. The maximum Gasteiger partial charge on any atom is 0.0361 e. The summed E-state index contributed by atoms with van der Waals surface area (Å²) in [5.74, 6) is 0. The SMILES string of the molecule is Cc1c2ccccc2c(-c2cccc3sc4cccc(-c5c6ccccc6c(-c6ccccc6)c6ccccc56)c4c23)c2ccccc12. The molecule has 0 bridgehead atoms. The van der Waals surface area contributed by atoms with Crippen molar-refractivity contribution < 1.29 is 0 Å².